The van der Waals surface area contributed by atoms with Crippen LogP contribution in [0.15, 0.2) is 53.4 Å². The number of sulfonamides is 1. The number of carbonyl (C=O) groups is 1. The van der Waals surface area contributed by atoms with Gasteiger partial charge in [-0.1, -0.05) is 16.6 Å². The Morgan fingerprint density at radius 2 is 1.80 bits per heavy atom. The van der Waals surface area contributed by atoms with Gasteiger partial charge < -0.3 is 10.1 Å². The molecule has 0 unspecified atom stereocenters. The van der Waals surface area contributed by atoms with Gasteiger partial charge in [-0.15, -0.1) is 0 Å². The fraction of sp³-hybridized carbons (Fsp3) is 0.235. The molecular weight excluding hydrogens is 344 g/mol. The molecule has 134 valence electrons. The number of hydrogen-bond donors (Lipinski definition) is 1. The lowest BCUT2D eigenvalue weighted by Crippen LogP contribution is -2.25. The van der Waals surface area contributed by atoms with E-state index in [-0.39, 0.29) is 10.8 Å². The molecule has 0 saturated carbocycles. The highest BCUT2D eigenvalue weighted by molar-refractivity contribution is 7.89. The summed E-state index contributed by atoms with van der Waals surface area (Å²) in [5, 5.41) is 2.77. The van der Waals surface area contributed by atoms with Crippen molar-refractivity contribution in [3.8, 4) is 0 Å². The van der Waals surface area contributed by atoms with Crippen molar-refractivity contribution in [3.05, 3.63) is 59.7 Å². The lowest BCUT2D eigenvalue weighted by Gasteiger charge is -2.14. The highest BCUT2D eigenvalue weighted by Crippen LogP contribution is 2.17. The molecule has 0 aliphatic rings. The van der Waals surface area contributed by atoms with Crippen LogP contribution in [0.1, 0.15) is 15.9 Å². The first-order chi connectivity index (χ1) is 11.9. The maximum atomic E-state index is 12.3. The van der Waals surface area contributed by atoms with Gasteiger partial charge in [0.15, 0.2) is 0 Å². The fourth-order valence-corrected chi connectivity index (χ4v) is 3.11. The quantitative estimate of drug-likeness (QED) is 0.762. The van der Waals surface area contributed by atoms with Crippen molar-refractivity contribution < 1.29 is 22.8 Å². The van der Waals surface area contributed by atoms with Crippen LogP contribution in [0.25, 0.3) is 0 Å². The van der Waals surface area contributed by atoms with E-state index in [1.165, 1.54) is 38.4 Å². The van der Waals surface area contributed by atoms with Gasteiger partial charge in [0.25, 0.3) is 15.9 Å². The van der Waals surface area contributed by atoms with E-state index in [4.69, 9.17) is 9.57 Å². The molecule has 2 aromatic carbocycles. The van der Waals surface area contributed by atoms with Crippen LogP contribution in [0.5, 0.6) is 0 Å². The molecule has 0 aromatic heterocycles. The van der Waals surface area contributed by atoms with Crippen molar-refractivity contribution in [2.75, 3.05) is 26.6 Å². The highest BCUT2D eigenvalue weighted by atomic mass is 32.2. The van der Waals surface area contributed by atoms with Crippen molar-refractivity contribution in [2.24, 2.45) is 0 Å². The monoisotopic (exact) mass is 364 g/mol. The summed E-state index contributed by atoms with van der Waals surface area (Å²) in [4.78, 5) is 17.1. The van der Waals surface area contributed by atoms with Crippen molar-refractivity contribution in [3.63, 3.8) is 0 Å². The Morgan fingerprint density at radius 3 is 2.40 bits per heavy atom. The van der Waals surface area contributed by atoms with Crippen LogP contribution in [0.3, 0.4) is 0 Å². The minimum atomic E-state index is -3.74. The summed E-state index contributed by atoms with van der Waals surface area (Å²) in [6, 6.07) is 12.9. The molecule has 25 heavy (non-hydrogen) atoms. The summed E-state index contributed by atoms with van der Waals surface area (Å²) in [6.45, 7) is 0.448. The van der Waals surface area contributed by atoms with E-state index >= 15 is 0 Å². The van der Waals surface area contributed by atoms with Gasteiger partial charge in [-0.05, 0) is 42.0 Å². The average molecular weight is 364 g/mol. The molecule has 2 aromatic rings. The molecule has 1 amide bonds. The Morgan fingerprint density at radius 1 is 1.12 bits per heavy atom. The standard InChI is InChI=1S/C17H20N2O5S/c1-19(24-3)25(21,22)16-9-7-14(8-10-16)17(20)18-15-6-4-5-13(11-15)12-23-2/h4-11H,12H2,1-3H3,(H,18,20). The molecule has 0 bridgehead atoms. The molecule has 0 atom stereocenters. The number of nitrogens with one attached hydrogen (secondary N) is 1. The smallest absolute Gasteiger partial charge is 0.264 e. The summed E-state index contributed by atoms with van der Waals surface area (Å²) in [7, 11) is 0.418. The molecule has 0 spiro atoms. The first-order valence-electron chi connectivity index (χ1n) is 7.41. The number of rotatable bonds is 7. The molecule has 0 fully saturated rings. The van der Waals surface area contributed by atoms with E-state index in [2.05, 4.69) is 5.32 Å². The van der Waals surface area contributed by atoms with Gasteiger partial charge in [-0.2, -0.15) is 0 Å². The fourth-order valence-electron chi connectivity index (χ4n) is 2.13. The lowest BCUT2D eigenvalue weighted by molar-refractivity contribution is -0.0258. The second kappa shape index (κ2) is 8.21. The number of amides is 1. The molecule has 0 aliphatic carbocycles. The van der Waals surface area contributed by atoms with Crippen LogP contribution >= 0.6 is 0 Å². The van der Waals surface area contributed by atoms with Gasteiger partial charge in [-0.25, -0.2) is 8.42 Å². The summed E-state index contributed by atoms with van der Waals surface area (Å²) in [5.74, 6) is -0.335. The molecule has 0 aliphatic heterocycles. The number of nitrogens with zero attached hydrogens (tertiary/aromatic N) is 1. The Bertz CT molecular complexity index is 834. The predicted octanol–water partition coefficient (Wildman–Crippen LogP) is 2.27. The van der Waals surface area contributed by atoms with Crippen molar-refractivity contribution in [1.29, 1.82) is 0 Å². The topological polar surface area (TPSA) is 84.9 Å². The number of carbonyl (C=O) groups excluding carboxylic acids is 1. The molecule has 7 nitrogen and oxygen atoms in total. The summed E-state index contributed by atoms with van der Waals surface area (Å²) in [6.07, 6.45) is 0. The molecular formula is C17H20N2O5S. The number of ether oxygens (including phenoxy) is 1. The minimum Gasteiger partial charge on any atom is -0.380 e. The first-order valence-corrected chi connectivity index (χ1v) is 8.85. The Balaban J connectivity index is 2.14. The largest absolute Gasteiger partial charge is 0.380 e. The molecule has 0 saturated heterocycles. The van der Waals surface area contributed by atoms with Crippen LogP contribution in [0.2, 0.25) is 0 Å². The second-order valence-corrected chi connectivity index (χ2v) is 7.14. The maximum Gasteiger partial charge on any atom is 0.264 e. The summed E-state index contributed by atoms with van der Waals surface area (Å²) >= 11 is 0. The van der Waals surface area contributed by atoms with Crippen molar-refractivity contribution in [2.45, 2.75) is 11.5 Å². The lowest BCUT2D eigenvalue weighted by atomic mass is 10.2. The number of anilines is 1. The zero-order valence-electron chi connectivity index (χ0n) is 14.2. The van der Waals surface area contributed by atoms with Crippen LogP contribution in [0.4, 0.5) is 5.69 Å². The van der Waals surface area contributed by atoms with Crippen LogP contribution in [-0.2, 0) is 26.2 Å². The van der Waals surface area contributed by atoms with Crippen molar-refractivity contribution >= 4 is 21.6 Å². The normalized spacial score (nSPS) is 11.5. The van der Waals surface area contributed by atoms with Gasteiger partial charge in [-0.3, -0.25) is 9.63 Å². The van der Waals surface area contributed by atoms with Crippen LogP contribution in [-0.4, -0.2) is 40.1 Å². The van der Waals surface area contributed by atoms with Crippen molar-refractivity contribution in [1.82, 2.24) is 4.47 Å². The number of hydroxylamine groups is 1. The summed E-state index contributed by atoms with van der Waals surface area (Å²) < 4.78 is 30.1. The van der Waals surface area contributed by atoms with E-state index in [1.807, 2.05) is 18.2 Å². The third-order valence-electron chi connectivity index (χ3n) is 3.51. The Kier molecular flexibility index (Phi) is 6.27. The zero-order valence-corrected chi connectivity index (χ0v) is 15.0. The highest BCUT2D eigenvalue weighted by Gasteiger charge is 2.21. The van der Waals surface area contributed by atoms with E-state index in [0.717, 1.165) is 10.0 Å². The van der Waals surface area contributed by atoms with Gasteiger partial charge >= 0.3 is 0 Å². The molecule has 2 rings (SSSR count). The van der Waals surface area contributed by atoms with E-state index in [1.54, 1.807) is 13.2 Å². The maximum absolute atomic E-state index is 12.3. The second-order valence-electron chi connectivity index (χ2n) is 5.21. The third-order valence-corrected chi connectivity index (χ3v) is 5.20. The number of methoxy groups -OCH3 is 1. The van der Waals surface area contributed by atoms with Gasteiger partial charge in [0, 0.05) is 25.4 Å². The third kappa shape index (κ3) is 4.64. The van der Waals surface area contributed by atoms with Gasteiger partial charge in [0.05, 0.1) is 18.6 Å². The molecule has 1 N–H and O–H groups in total. The predicted molar refractivity (Wildman–Crippen MR) is 93.5 cm³/mol. The van der Waals surface area contributed by atoms with Gasteiger partial charge in [0.2, 0.25) is 0 Å². The SMILES string of the molecule is COCc1cccc(NC(=O)c2ccc(S(=O)(=O)N(C)OC)cc2)c1. The van der Waals surface area contributed by atoms with Crippen LogP contribution in [0, 0.1) is 0 Å². The molecule has 0 heterocycles. The zero-order chi connectivity index (χ0) is 18.4. The Labute approximate surface area is 147 Å². The number of benzene rings is 2. The summed E-state index contributed by atoms with van der Waals surface area (Å²) in [5.41, 5.74) is 1.91. The van der Waals surface area contributed by atoms with E-state index < -0.39 is 10.0 Å². The average Bonchev–Trinajstić information content (AvgIpc) is 2.61. The van der Waals surface area contributed by atoms with E-state index in [0.29, 0.717) is 17.9 Å². The Hall–Kier alpha value is -2.26. The minimum absolute atomic E-state index is 0.0375. The van der Waals surface area contributed by atoms with Crippen LogP contribution < -0.4 is 5.32 Å². The first kappa shape index (κ1) is 19.1. The van der Waals surface area contributed by atoms with E-state index in [9.17, 15) is 13.2 Å². The van der Waals surface area contributed by atoms with Gasteiger partial charge in [0.1, 0.15) is 0 Å². The number of hydrogen-bond acceptors (Lipinski definition) is 5. The molecule has 8 heteroatoms. The molecule has 0 radical (unpaired) electrons.